The summed E-state index contributed by atoms with van der Waals surface area (Å²) >= 11 is 6.39. The molecule has 0 saturated heterocycles. The van der Waals surface area contributed by atoms with E-state index >= 15 is 0 Å². The van der Waals surface area contributed by atoms with Crippen molar-refractivity contribution in [2.45, 2.75) is 71.5 Å². The van der Waals surface area contributed by atoms with Gasteiger partial charge in [0.15, 0.2) is 0 Å². The Hall–Kier alpha value is -2.54. The summed E-state index contributed by atoms with van der Waals surface area (Å²) in [5.41, 5.74) is 4.43. The summed E-state index contributed by atoms with van der Waals surface area (Å²) < 4.78 is 6.43. The molecule has 1 saturated carbocycles. The Morgan fingerprint density at radius 3 is 2.71 bits per heavy atom. The quantitative estimate of drug-likeness (QED) is 0.301. The molecule has 0 radical (unpaired) electrons. The molecule has 1 amide bonds. The van der Waals surface area contributed by atoms with Crippen LogP contribution in [0.5, 0.6) is 5.75 Å². The molecular formula is C34H47ClN2O4. The van der Waals surface area contributed by atoms with Crippen LogP contribution in [0.4, 0.5) is 5.69 Å². The molecule has 4 rings (SSSR count). The van der Waals surface area contributed by atoms with Crippen LogP contribution in [0, 0.1) is 17.8 Å². The Bertz CT molecular complexity index is 1220. The fourth-order valence-electron chi connectivity index (χ4n) is 6.36. The second-order valence-corrected chi connectivity index (χ2v) is 12.5. The molecule has 1 aliphatic heterocycles. The van der Waals surface area contributed by atoms with Crippen molar-refractivity contribution < 1.29 is 19.7 Å². The minimum absolute atomic E-state index is 0.0472. The van der Waals surface area contributed by atoms with Crippen molar-refractivity contribution in [3.8, 4) is 5.75 Å². The summed E-state index contributed by atoms with van der Waals surface area (Å²) in [6.07, 6.45) is 6.54. The van der Waals surface area contributed by atoms with Crippen LogP contribution >= 0.6 is 11.6 Å². The van der Waals surface area contributed by atoms with Gasteiger partial charge in [0, 0.05) is 44.5 Å². The normalized spacial score (nSPS) is 23.8. The minimum Gasteiger partial charge on any atom is -0.491 e. The van der Waals surface area contributed by atoms with Gasteiger partial charge in [0.1, 0.15) is 5.75 Å². The van der Waals surface area contributed by atoms with Crippen LogP contribution < -0.4 is 9.64 Å². The van der Waals surface area contributed by atoms with Crippen LogP contribution in [0.3, 0.4) is 0 Å². The van der Waals surface area contributed by atoms with Crippen molar-refractivity contribution in [1.82, 2.24) is 4.90 Å². The molecule has 6 nitrogen and oxygen atoms in total. The number of amides is 1. The van der Waals surface area contributed by atoms with Gasteiger partial charge in [-0.3, -0.25) is 4.79 Å². The standard InChI is InChI=1S/C34H47ClN2O4/c1-6-9-26-17-28(35)12-13-29(26)27-19-37(32-18-25(23(3)38)11-14-34(32)41-21-27)20-31-22(2)16-30(31)33(40)10-7-8-15-36(5)24(4)39/h7,10-14,17-18,22-23,27,30-31,33,38,40H,6,8-9,15-16,19-21H2,1-5H3/b10-7+. The number of halogens is 1. The lowest BCUT2D eigenvalue weighted by atomic mass is 9.63. The van der Waals surface area contributed by atoms with Crippen molar-refractivity contribution in [1.29, 1.82) is 0 Å². The maximum absolute atomic E-state index is 11.5. The highest BCUT2D eigenvalue weighted by Crippen LogP contribution is 2.46. The highest BCUT2D eigenvalue weighted by atomic mass is 35.5. The Morgan fingerprint density at radius 2 is 2.02 bits per heavy atom. The van der Waals surface area contributed by atoms with E-state index in [0.29, 0.717) is 25.0 Å². The Balaban J connectivity index is 1.57. The lowest BCUT2D eigenvalue weighted by molar-refractivity contribution is -0.127. The summed E-state index contributed by atoms with van der Waals surface area (Å²) in [6, 6.07) is 12.2. The zero-order chi connectivity index (χ0) is 29.7. The van der Waals surface area contributed by atoms with Crippen molar-refractivity contribution >= 4 is 23.2 Å². The van der Waals surface area contributed by atoms with Gasteiger partial charge in [0.25, 0.3) is 0 Å². The summed E-state index contributed by atoms with van der Waals surface area (Å²) in [4.78, 5) is 15.6. The predicted molar refractivity (Wildman–Crippen MR) is 167 cm³/mol. The zero-order valence-corrected chi connectivity index (χ0v) is 26.0. The Kier molecular flexibility index (Phi) is 10.8. The number of carbonyl (C=O) groups is 1. The van der Waals surface area contributed by atoms with E-state index in [-0.39, 0.29) is 17.7 Å². The van der Waals surface area contributed by atoms with Gasteiger partial charge < -0.3 is 24.7 Å². The van der Waals surface area contributed by atoms with Crippen molar-refractivity contribution in [2.24, 2.45) is 17.8 Å². The number of aryl methyl sites for hydroxylation is 1. The Labute approximate surface area is 251 Å². The number of aliphatic hydroxyl groups excluding tert-OH is 2. The van der Waals surface area contributed by atoms with E-state index in [4.69, 9.17) is 16.3 Å². The summed E-state index contributed by atoms with van der Waals surface area (Å²) in [7, 11) is 1.80. The van der Waals surface area contributed by atoms with Crippen molar-refractivity contribution in [3.63, 3.8) is 0 Å². The molecule has 2 aromatic rings. The Morgan fingerprint density at radius 1 is 1.24 bits per heavy atom. The third-order valence-electron chi connectivity index (χ3n) is 9.05. The van der Waals surface area contributed by atoms with Gasteiger partial charge >= 0.3 is 0 Å². The number of fused-ring (bicyclic) bond motifs is 1. The lowest BCUT2D eigenvalue weighted by Crippen LogP contribution is -2.48. The van der Waals surface area contributed by atoms with Crippen LogP contribution in [0.15, 0.2) is 48.6 Å². The monoisotopic (exact) mass is 582 g/mol. The van der Waals surface area contributed by atoms with Gasteiger partial charge in [0.2, 0.25) is 5.91 Å². The molecule has 2 aliphatic rings. The van der Waals surface area contributed by atoms with Crippen LogP contribution in [-0.2, 0) is 11.2 Å². The molecule has 224 valence electrons. The number of hydrogen-bond acceptors (Lipinski definition) is 5. The van der Waals surface area contributed by atoms with E-state index in [2.05, 4.69) is 36.9 Å². The van der Waals surface area contributed by atoms with Gasteiger partial charge in [0.05, 0.1) is 24.5 Å². The van der Waals surface area contributed by atoms with E-state index in [1.165, 1.54) is 11.1 Å². The number of aliphatic hydroxyl groups is 2. The first-order valence-electron chi connectivity index (χ1n) is 15.1. The largest absolute Gasteiger partial charge is 0.491 e. The second kappa shape index (κ2) is 14.1. The van der Waals surface area contributed by atoms with Crippen molar-refractivity contribution in [3.05, 3.63) is 70.3 Å². The molecule has 0 spiro atoms. The third-order valence-corrected chi connectivity index (χ3v) is 9.28. The SMILES string of the molecule is CCCc1cc(Cl)ccc1C1COc2ccc(C(C)O)cc2N(CC2C(C)CC2C(O)/C=C/CCN(C)C(C)=O)C1. The molecule has 0 bridgehead atoms. The third kappa shape index (κ3) is 7.65. The highest BCUT2D eigenvalue weighted by molar-refractivity contribution is 6.30. The fourth-order valence-corrected chi connectivity index (χ4v) is 6.56. The lowest BCUT2D eigenvalue weighted by Gasteiger charge is -2.47. The molecule has 6 unspecified atom stereocenters. The maximum Gasteiger partial charge on any atom is 0.219 e. The first-order chi connectivity index (χ1) is 19.6. The van der Waals surface area contributed by atoms with E-state index < -0.39 is 12.2 Å². The molecule has 1 aliphatic carbocycles. The topological polar surface area (TPSA) is 73.2 Å². The van der Waals surface area contributed by atoms with E-state index in [1.54, 1.807) is 25.8 Å². The summed E-state index contributed by atoms with van der Waals surface area (Å²) in [5.74, 6) is 2.02. The number of anilines is 1. The van der Waals surface area contributed by atoms with E-state index in [0.717, 1.165) is 60.8 Å². The number of ether oxygens (including phenoxy) is 1. The molecule has 41 heavy (non-hydrogen) atoms. The number of carbonyl (C=O) groups excluding carboxylic acids is 1. The summed E-state index contributed by atoms with van der Waals surface area (Å²) in [5, 5.41) is 22.2. The number of benzene rings is 2. The van der Waals surface area contributed by atoms with Crippen LogP contribution in [0.2, 0.25) is 5.02 Å². The maximum atomic E-state index is 11.5. The minimum atomic E-state index is -0.571. The van der Waals surface area contributed by atoms with Gasteiger partial charge in [-0.2, -0.15) is 0 Å². The van der Waals surface area contributed by atoms with Crippen LogP contribution in [0.25, 0.3) is 0 Å². The number of rotatable bonds is 11. The second-order valence-electron chi connectivity index (χ2n) is 12.1. The number of hydrogen-bond donors (Lipinski definition) is 2. The average Bonchev–Trinajstić information content (AvgIpc) is 3.11. The van der Waals surface area contributed by atoms with Gasteiger partial charge in [-0.1, -0.05) is 56.2 Å². The van der Waals surface area contributed by atoms with Gasteiger partial charge in [-0.05, 0) is 84.9 Å². The molecule has 1 fully saturated rings. The molecule has 2 aromatic carbocycles. The van der Waals surface area contributed by atoms with E-state index in [9.17, 15) is 15.0 Å². The number of nitrogens with zero attached hydrogens (tertiary/aromatic N) is 2. The molecule has 6 atom stereocenters. The first-order valence-corrected chi connectivity index (χ1v) is 15.5. The van der Waals surface area contributed by atoms with Gasteiger partial charge in [-0.15, -0.1) is 0 Å². The van der Waals surface area contributed by atoms with Crippen molar-refractivity contribution in [2.75, 3.05) is 38.2 Å². The molecular weight excluding hydrogens is 536 g/mol. The predicted octanol–water partition coefficient (Wildman–Crippen LogP) is 6.39. The fraction of sp³-hybridized carbons (Fsp3) is 0.559. The average molecular weight is 583 g/mol. The molecule has 1 heterocycles. The first kappa shape index (κ1) is 31.4. The van der Waals surface area contributed by atoms with Gasteiger partial charge in [-0.25, -0.2) is 0 Å². The molecule has 0 aromatic heterocycles. The zero-order valence-electron chi connectivity index (χ0n) is 25.2. The van der Waals surface area contributed by atoms with E-state index in [1.807, 2.05) is 30.4 Å². The molecule has 2 N–H and O–H groups in total. The molecule has 7 heteroatoms. The highest BCUT2D eigenvalue weighted by Gasteiger charge is 2.43. The van der Waals surface area contributed by atoms with Crippen LogP contribution in [-0.4, -0.2) is 60.4 Å². The summed E-state index contributed by atoms with van der Waals surface area (Å²) in [6.45, 7) is 10.6. The van der Waals surface area contributed by atoms with Crippen LogP contribution in [0.1, 0.15) is 75.7 Å². The smallest absolute Gasteiger partial charge is 0.219 e.